The third kappa shape index (κ3) is 6.44. The topological polar surface area (TPSA) is 12.5 Å². The molecule has 0 N–H and O–H groups in total. The van der Waals surface area contributed by atoms with Crippen molar-refractivity contribution in [2.24, 2.45) is 5.92 Å². The molecular formula is C28H40O. The number of ether oxygens (including phenoxy) is 1. The summed E-state index contributed by atoms with van der Waals surface area (Å²) >= 11 is 0. The smallest absolute Gasteiger partial charge is 0.0920 e. The third-order valence-electron chi connectivity index (χ3n) is 7.17. The fourth-order valence-corrected chi connectivity index (χ4v) is 4.72. The summed E-state index contributed by atoms with van der Waals surface area (Å²) < 4.78 is 6.16. The van der Waals surface area contributed by atoms with Gasteiger partial charge in [-0.05, 0) is 74.3 Å². The molecule has 1 heteroatoms. The second-order valence-corrected chi connectivity index (χ2v) is 9.55. The highest BCUT2D eigenvalue weighted by Crippen LogP contribution is 2.45. The van der Waals surface area contributed by atoms with Gasteiger partial charge >= 0.3 is 0 Å². The highest BCUT2D eigenvalue weighted by atomic mass is 16.6. The largest absolute Gasteiger partial charge is 0.366 e. The lowest BCUT2D eigenvalue weighted by Gasteiger charge is -2.18. The van der Waals surface area contributed by atoms with E-state index in [1.807, 2.05) is 0 Å². The zero-order valence-electron chi connectivity index (χ0n) is 18.9. The first-order valence-corrected chi connectivity index (χ1v) is 11.8. The van der Waals surface area contributed by atoms with Crippen molar-refractivity contribution in [1.29, 1.82) is 0 Å². The van der Waals surface area contributed by atoms with Crippen LogP contribution < -0.4 is 0 Å². The molecule has 1 nitrogen and oxygen atoms in total. The maximum atomic E-state index is 6.16. The molecule has 0 aliphatic carbocycles. The van der Waals surface area contributed by atoms with Crippen LogP contribution in [0.1, 0.15) is 95.6 Å². The Morgan fingerprint density at radius 3 is 2.07 bits per heavy atom. The van der Waals surface area contributed by atoms with Gasteiger partial charge in [-0.1, -0.05) is 87.9 Å². The Morgan fingerprint density at radius 2 is 1.45 bits per heavy atom. The van der Waals surface area contributed by atoms with Crippen LogP contribution in [0.2, 0.25) is 0 Å². The van der Waals surface area contributed by atoms with Crippen LogP contribution in [0.25, 0.3) is 0 Å². The van der Waals surface area contributed by atoms with E-state index in [1.54, 1.807) is 0 Å². The van der Waals surface area contributed by atoms with Crippen LogP contribution in [0.5, 0.6) is 0 Å². The highest BCUT2D eigenvalue weighted by Gasteiger charge is 2.50. The van der Waals surface area contributed by atoms with E-state index in [0.29, 0.717) is 17.9 Å². The minimum Gasteiger partial charge on any atom is -0.366 e. The molecule has 2 aromatic rings. The van der Waals surface area contributed by atoms with Crippen LogP contribution in [-0.4, -0.2) is 11.7 Å². The summed E-state index contributed by atoms with van der Waals surface area (Å²) in [5, 5.41) is 0. The van der Waals surface area contributed by atoms with Gasteiger partial charge in [0.2, 0.25) is 0 Å². The van der Waals surface area contributed by atoms with Gasteiger partial charge in [0, 0.05) is 0 Å². The maximum absolute atomic E-state index is 6.16. The van der Waals surface area contributed by atoms with Crippen LogP contribution >= 0.6 is 0 Å². The Morgan fingerprint density at radius 1 is 0.828 bits per heavy atom. The minimum atomic E-state index is 0.124. The van der Waals surface area contributed by atoms with E-state index in [4.69, 9.17) is 4.74 Å². The maximum Gasteiger partial charge on any atom is 0.0920 e. The number of hydrogen-bond acceptors (Lipinski definition) is 1. The molecule has 5 atom stereocenters. The molecule has 3 rings (SSSR count). The first kappa shape index (κ1) is 22.1. The molecule has 1 heterocycles. The van der Waals surface area contributed by atoms with Crippen LogP contribution in [0.15, 0.2) is 60.7 Å². The fraction of sp³-hybridized carbons (Fsp3) is 0.571. The van der Waals surface area contributed by atoms with Crippen molar-refractivity contribution >= 4 is 0 Å². The Bertz CT molecular complexity index is 710. The van der Waals surface area contributed by atoms with Gasteiger partial charge in [-0.25, -0.2) is 0 Å². The predicted octanol–water partition coefficient (Wildman–Crippen LogP) is 8.12. The van der Waals surface area contributed by atoms with Crippen molar-refractivity contribution in [1.82, 2.24) is 0 Å². The summed E-state index contributed by atoms with van der Waals surface area (Å²) in [4.78, 5) is 0. The number of hydrogen-bond donors (Lipinski definition) is 0. The van der Waals surface area contributed by atoms with Crippen molar-refractivity contribution in [2.75, 3.05) is 0 Å². The van der Waals surface area contributed by atoms with Gasteiger partial charge in [-0.2, -0.15) is 0 Å². The average molecular weight is 393 g/mol. The second-order valence-electron chi connectivity index (χ2n) is 9.55. The summed E-state index contributed by atoms with van der Waals surface area (Å²) in [6.07, 6.45) is 9.24. The first-order valence-electron chi connectivity index (χ1n) is 11.8. The van der Waals surface area contributed by atoms with Gasteiger partial charge in [-0.3, -0.25) is 0 Å². The van der Waals surface area contributed by atoms with Crippen molar-refractivity contribution < 1.29 is 4.74 Å². The molecule has 0 spiro atoms. The van der Waals surface area contributed by atoms with E-state index in [2.05, 4.69) is 88.4 Å². The average Bonchev–Trinajstić information content (AvgIpc) is 3.42. The van der Waals surface area contributed by atoms with Gasteiger partial charge in [0.25, 0.3) is 0 Å². The zero-order valence-corrected chi connectivity index (χ0v) is 18.9. The molecule has 0 bridgehead atoms. The molecule has 5 unspecified atom stereocenters. The molecular weight excluding hydrogens is 352 g/mol. The van der Waals surface area contributed by atoms with Gasteiger partial charge in [0.1, 0.15) is 0 Å². The van der Waals surface area contributed by atoms with Gasteiger partial charge < -0.3 is 4.74 Å². The summed E-state index contributed by atoms with van der Waals surface area (Å²) in [5.41, 5.74) is 3.08. The number of benzene rings is 2. The first-order chi connectivity index (χ1) is 14.0. The van der Waals surface area contributed by atoms with Crippen molar-refractivity contribution in [2.45, 2.75) is 96.2 Å². The van der Waals surface area contributed by atoms with Crippen molar-refractivity contribution in [3.8, 4) is 0 Å². The van der Waals surface area contributed by atoms with Gasteiger partial charge in [0.15, 0.2) is 0 Å². The molecule has 0 aromatic heterocycles. The second kappa shape index (κ2) is 10.4. The summed E-state index contributed by atoms with van der Waals surface area (Å²) in [5.74, 6) is 2.10. The Hall–Kier alpha value is -1.60. The van der Waals surface area contributed by atoms with E-state index in [-0.39, 0.29) is 5.60 Å². The lowest BCUT2D eigenvalue weighted by atomic mass is 9.86. The SMILES string of the molecule is CCC(CCC(C)CCC1OC1(C)CCC(C)c1ccccc1)c1ccccc1. The van der Waals surface area contributed by atoms with E-state index in [0.717, 1.165) is 5.92 Å². The standard InChI is InChI=1S/C28H40O/c1-5-24(26-14-10-7-11-15-26)18-16-22(2)17-19-27-28(4,29-27)21-20-23(3)25-12-8-6-9-13-25/h6-15,22-24,27H,5,16-21H2,1-4H3. The lowest BCUT2D eigenvalue weighted by molar-refractivity contribution is 0.283. The zero-order chi connectivity index (χ0) is 20.7. The van der Waals surface area contributed by atoms with E-state index in [9.17, 15) is 0 Å². The summed E-state index contributed by atoms with van der Waals surface area (Å²) in [7, 11) is 0. The van der Waals surface area contributed by atoms with Crippen molar-refractivity contribution in [3.05, 3.63) is 71.8 Å². The molecule has 1 aliphatic heterocycles. The molecule has 2 aromatic carbocycles. The number of epoxide rings is 1. The Kier molecular flexibility index (Phi) is 7.95. The third-order valence-corrected chi connectivity index (χ3v) is 7.17. The van der Waals surface area contributed by atoms with E-state index >= 15 is 0 Å². The lowest BCUT2D eigenvalue weighted by Crippen LogP contribution is -2.12. The van der Waals surface area contributed by atoms with Crippen LogP contribution in [0.4, 0.5) is 0 Å². The van der Waals surface area contributed by atoms with Crippen LogP contribution in [0.3, 0.4) is 0 Å². The summed E-state index contributed by atoms with van der Waals surface area (Å²) in [6, 6.07) is 21.9. The Labute approximate surface area is 178 Å². The highest BCUT2D eigenvalue weighted by molar-refractivity contribution is 5.20. The molecule has 158 valence electrons. The molecule has 29 heavy (non-hydrogen) atoms. The van der Waals surface area contributed by atoms with E-state index < -0.39 is 0 Å². The minimum absolute atomic E-state index is 0.124. The van der Waals surface area contributed by atoms with Crippen LogP contribution in [0, 0.1) is 5.92 Å². The normalized spacial score (nSPS) is 24.1. The Balaban J connectivity index is 1.35. The quantitative estimate of drug-likeness (QED) is 0.332. The fourth-order valence-electron chi connectivity index (χ4n) is 4.72. The molecule has 1 aliphatic rings. The van der Waals surface area contributed by atoms with E-state index in [1.165, 1.54) is 56.1 Å². The molecule has 0 amide bonds. The molecule has 0 radical (unpaired) electrons. The summed E-state index contributed by atoms with van der Waals surface area (Å²) in [6.45, 7) is 9.41. The van der Waals surface area contributed by atoms with Crippen molar-refractivity contribution in [3.63, 3.8) is 0 Å². The predicted molar refractivity (Wildman–Crippen MR) is 124 cm³/mol. The van der Waals surface area contributed by atoms with Crippen LogP contribution in [-0.2, 0) is 4.74 Å². The molecule has 1 saturated heterocycles. The van der Waals surface area contributed by atoms with Gasteiger partial charge in [-0.15, -0.1) is 0 Å². The molecule has 0 saturated carbocycles. The van der Waals surface area contributed by atoms with Gasteiger partial charge in [0.05, 0.1) is 11.7 Å². The number of rotatable bonds is 12. The molecule has 1 fully saturated rings. The monoisotopic (exact) mass is 392 g/mol.